The monoisotopic (exact) mass is 262 g/mol. The van der Waals surface area contributed by atoms with Crippen LogP contribution in [-0.4, -0.2) is 29.1 Å². The van der Waals surface area contributed by atoms with Gasteiger partial charge in [0.15, 0.2) is 5.78 Å². The summed E-state index contributed by atoms with van der Waals surface area (Å²) in [6.45, 7) is 1.70. The molecule has 0 aromatic heterocycles. The van der Waals surface area contributed by atoms with Crippen molar-refractivity contribution in [3.05, 3.63) is 35.9 Å². The van der Waals surface area contributed by atoms with E-state index in [2.05, 4.69) is 0 Å². The summed E-state index contributed by atoms with van der Waals surface area (Å²) in [5, 5.41) is 16.8. The normalized spacial score (nSPS) is 13.6. The van der Waals surface area contributed by atoms with Gasteiger partial charge in [-0.25, -0.2) is 0 Å². The predicted octanol–water partition coefficient (Wildman–Crippen LogP) is 1.43. The standard InChI is InChI=1S/C14H18N2O3/c1-2-10(14(18)19)12(16)13(17)11(8-15)9-6-4-3-5-7-9/h3-7,10-11,16H,2,8,15H2,1H3,(H,18,19). The molecule has 0 aliphatic heterocycles. The molecule has 5 heteroatoms. The molecule has 2 atom stereocenters. The van der Waals surface area contributed by atoms with E-state index in [1.54, 1.807) is 31.2 Å². The smallest absolute Gasteiger partial charge is 0.312 e. The fourth-order valence-corrected chi connectivity index (χ4v) is 1.94. The minimum absolute atomic E-state index is 0.0568. The molecule has 0 fully saturated rings. The lowest BCUT2D eigenvalue weighted by Crippen LogP contribution is -2.35. The van der Waals surface area contributed by atoms with E-state index in [1.807, 2.05) is 6.07 Å². The van der Waals surface area contributed by atoms with E-state index >= 15 is 0 Å². The number of aliphatic carboxylic acids is 1. The van der Waals surface area contributed by atoms with Crippen molar-refractivity contribution < 1.29 is 14.7 Å². The van der Waals surface area contributed by atoms with Crippen LogP contribution in [0.25, 0.3) is 0 Å². The second-order valence-electron chi connectivity index (χ2n) is 4.28. The molecule has 0 spiro atoms. The Bertz CT molecular complexity index is 471. The summed E-state index contributed by atoms with van der Waals surface area (Å²) in [5.41, 5.74) is 5.92. The fraction of sp³-hybridized carbons (Fsp3) is 0.357. The van der Waals surface area contributed by atoms with Crippen LogP contribution in [0.5, 0.6) is 0 Å². The average Bonchev–Trinajstić information content (AvgIpc) is 2.41. The van der Waals surface area contributed by atoms with Gasteiger partial charge in [0.1, 0.15) is 5.92 Å². The predicted molar refractivity (Wildman–Crippen MR) is 72.4 cm³/mol. The number of carboxylic acids is 1. The molecule has 0 amide bonds. The van der Waals surface area contributed by atoms with Crippen molar-refractivity contribution in [1.82, 2.24) is 0 Å². The molecule has 2 unspecified atom stereocenters. The largest absolute Gasteiger partial charge is 0.481 e. The lowest BCUT2D eigenvalue weighted by Gasteiger charge is -2.17. The van der Waals surface area contributed by atoms with Crippen LogP contribution >= 0.6 is 0 Å². The van der Waals surface area contributed by atoms with E-state index < -0.39 is 23.6 Å². The van der Waals surface area contributed by atoms with E-state index in [0.29, 0.717) is 5.56 Å². The maximum Gasteiger partial charge on any atom is 0.312 e. The first kappa shape index (κ1) is 15.0. The van der Waals surface area contributed by atoms with E-state index in [-0.39, 0.29) is 18.7 Å². The molecular formula is C14H18N2O3. The van der Waals surface area contributed by atoms with Crippen LogP contribution in [0.3, 0.4) is 0 Å². The molecule has 0 saturated heterocycles. The molecule has 4 N–H and O–H groups in total. The van der Waals surface area contributed by atoms with Gasteiger partial charge in [-0.3, -0.25) is 9.59 Å². The molecular weight excluding hydrogens is 244 g/mol. The molecule has 19 heavy (non-hydrogen) atoms. The van der Waals surface area contributed by atoms with Gasteiger partial charge in [0.2, 0.25) is 0 Å². The van der Waals surface area contributed by atoms with Gasteiger partial charge in [0.25, 0.3) is 0 Å². The van der Waals surface area contributed by atoms with Crippen molar-refractivity contribution in [1.29, 1.82) is 5.41 Å². The van der Waals surface area contributed by atoms with Crippen LogP contribution in [0.4, 0.5) is 0 Å². The molecule has 0 aliphatic carbocycles. The molecule has 1 aromatic carbocycles. The zero-order chi connectivity index (χ0) is 14.4. The van der Waals surface area contributed by atoms with E-state index in [9.17, 15) is 9.59 Å². The van der Waals surface area contributed by atoms with Gasteiger partial charge in [-0.05, 0) is 12.0 Å². The number of hydrogen-bond acceptors (Lipinski definition) is 4. The Hall–Kier alpha value is -2.01. The number of carbonyl (C=O) groups excluding carboxylic acids is 1. The Morgan fingerprint density at radius 1 is 1.32 bits per heavy atom. The van der Waals surface area contributed by atoms with Gasteiger partial charge in [0, 0.05) is 6.54 Å². The first-order chi connectivity index (χ1) is 9.02. The van der Waals surface area contributed by atoms with Crippen molar-refractivity contribution in [2.75, 3.05) is 6.54 Å². The lowest BCUT2D eigenvalue weighted by atomic mass is 9.86. The summed E-state index contributed by atoms with van der Waals surface area (Å²) in [7, 11) is 0. The van der Waals surface area contributed by atoms with Gasteiger partial charge >= 0.3 is 5.97 Å². The zero-order valence-corrected chi connectivity index (χ0v) is 10.8. The molecule has 0 heterocycles. The third kappa shape index (κ3) is 3.48. The summed E-state index contributed by atoms with van der Waals surface area (Å²) in [5.74, 6) is -3.38. The Morgan fingerprint density at radius 2 is 1.89 bits per heavy atom. The Balaban J connectivity index is 2.97. The highest BCUT2D eigenvalue weighted by molar-refractivity contribution is 6.44. The second-order valence-corrected chi connectivity index (χ2v) is 4.28. The van der Waals surface area contributed by atoms with E-state index in [0.717, 1.165) is 0 Å². The summed E-state index contributed by atoms with van der Waals surface area (Å²) in [6, 6.07) is 8.89. The minimum Gasteiger partial charge on any atom is -0.481 e. The highest BCUT2D eigenvalue weighted by Gasteiger charge is 2.31. The van der Waals surface area contributed by atoms with Crippen LogP contribution in [0, 0.1) is 11.3 Å². The number of hydrogen-bond donors (Lipinski definition) is 3. The maximum absolute atomic E-state index is 12.2. The Kier molecular flexibility index (Phi) is 5.38. The van der Waals surface area contributed by atoms with Crippen LogP contribution < -0.4 is 5.73 Å². The van der Waals surface area contributed by atoms with Crippen molar-refractivity contribution >= 4 is 17.5 Å². The van der Waals surface area contributed by atoms with Gasteiger partial charge in [0.05, 0.1) is 11.6 Å². The summed E-state index contributed by atoms with van der Waals surface area (Å²) in [4.78, 5) is 23.2. The highest BCUT2D eigenvalue weighted by atomic mass is 16.4. The number of benzene rings is 1. The quantitative estimate of drug-likeness (QED) is 0.646. The average molecular weight is 262 g/mol. The van der Waals surface area contributed by atoms with Gasteiger partial charge in [-0.15, -0.1) is 0 Å². The van der Waals surface area contributed by atoms with E-state index in [1.165, 1.54) is 0 Å². The number of ketones is 1. The number of nitrogens with one attached hydrogen (secondary N) is 1. The molecule has 0 aliphatic rings. The SMILES string of the molecule is CCC(C(=N)C(=O)C(CN)c1ccccc1)C(=O)O. The maximum atomic E-state index is 12.2. The third-order valence-electron chi connectivity index (χ3n) is 3.07. The molecule has 5 nitrogen and oxygen atoms in total. The van der Waals surface area contributed by atoms with Crippen LogP contribution in [0.2, 0.25) is 0 Å². The number of carbonyl (C=O) groups is 2. The van der Waals surface area contributed by atoms with Crippen LogP contribution in [-0.2, 0) is 9.59 Å². The van der Waals surface area contributed by atoms with Crippen LogP contribution in [0.15, 0.2) is 30.3 Å². The van der Waals surface area contributed by atoms with Crippen molar-refractivity contribution in [3.8, 4) is 0 Å². The summed E-state index contributed by atoms with van der Waals surface area (Å²) in [6.07, 6.45) is 0.214. The first-order valence-electron chi connectivity index (χ1n) is 6.13. The fourth-order valence-electron chi connectivity index (χ4n) is 1.94. The van der Waals surface area contributed by atoms with Crippen molar-refractivity contribution in [3.63, 3.8) is 0 Å². The number of nitrogens with two attached hydrogens (primary N) is 1. The number of Topliss-reactive ketones (excluding diaryl/α,β-unsaturated/α-hetero) is 1. The zero-order valence-electron chi connectivity index (χ0n) is 10.8. The van der Waals surface area contributed by atoms with Gasteiger partial charge < -0.3 is 16.2 Å². The number of rotatable bonds is 7. The molecule has 0 saturated carbocycles. The summed E-state index contributed by atoms with van der Waals surface area (Å²) >= 11 is 0. The molecule has 1 rings (SSSR count). The second kappa shape index (κ2) is 6.80. The first-order valence-corrected chi connectivity index (χ1v) is 6.13. The topological polar surface area (TPSA) is 104 Å². The van der Waals surface area contributed by atoms with Crippen molar-refractivity contribution in [2.24, 2.45) is 11.7 Å². The molecule has 1 aromatic rings. The Labute approximate surface area is 111 Å². The van der Waals surface area contributed by atoms with Crippen molar-refractivity contribution in [2.45, 2.75) is 19.3 Å². The molecule has 0 bridgehead atoms. The number of carboxylic acid groups (broad SMARTS) is 1. The highest BCUT2D eigenvalue weighted by Crippen LogP contribution is 2.19. The molecule has 102 valence electrons. The van der Waals surface area contributed by atoms with E-state index in [4.69, 9.17) is 16.2 Å². The third-order valence-corrected chi connectivity index (χ3v) is 3.07. The lowest BCUT2D eigenvalue weighted by molar-refractivity contribution is -0.140. The summed E-state index contributed by atoms with van der Waals surface area (Å²) < 4.78 is 0. The molecule has 0 radical (unpaired) electrons. The van der Waals surface area contributed by atoms with Gasteiger partial charge in [-0.2, -0.15) is 0 Å². The Morgan fingerprint density at radius 3 is 2.32 bits per heavy atom. The minimum atomic E-state index is -1.15. The van der Waals surface area contributed by atoms with Crippen LogP contribution in [0.1, 0.15) is 24.8 Å². The van der Waals surface area contributed by atoms with Gasteiger partial charge in [-0.1, -0.05) is 37.3 Å².